The lowest BCUT2D eigenvalue weighted by molar-refractivity contribution is 0.280. The van der Waals surface area contributed by atoms with Crippen LogP contribution in [0, 0.1) is 0 Å². The molecule has 0 aromatic heterocycles. The molecule has 1 rings (SSSR count). The highest BCUT2D eigenvalue weighted by molar-refractivity contribution is 6.20. The van der Waals surface area contributed by atoms with Crippen molar-refractivity contribution in [3.63, 3.8) is 0 Å². The van der Waals surface area contributed by atoms with E-state index in [0.717, 1.165) is 12.8 Å². The fourth-order valence-corrected chi connectivity index (χ4v) is 1.17. The van der Waals surface area contributed by atoms with E-state index >= 15 is 0 Å². The van der Waals surface area contributed by atoms with Crippen molar-refractivity contribution >= 4 is 24.0 Å². The van der Waals surface area contributed by atoms with Crippen LogP contribution in [-0.4, -0.2) is 30.4 Å². The summed E-state index contributed by atoms with van der Waals surface area (Å²) in [5.41, 5.74) is 0. The molecule has 0 unspecified atom stereocenters. The second-order valence-electron chi connectivity index (χ2n) is 2.48. The Kier molecular flexibility index (Phi) is 4.63. The van der Waals surface area contributed by atoms with Gasteiger partial charge in [-0.15, -0.1) is 24.0 Å². The van der Waals surface area contributed by atoms with Crippen molar-refractivity contribution in [3.05, 3.63) is 0 Å². The Bertz CT molecular complexity index is 59.5. The van der Waals surface area contributed by atoms with E-state index in [0.29, 0.717) is 5.38 Å². The van der Waals surface area contributed by atoms with E-state index in [1.807, 2.05) is 0 Å². The molecule has 1 aliphatic rings. The van der Waals surface area contributed by atoms with Gasteiger partial charge in [0.25, 0.3) is 0 Å². The zero-order valence-electron chi connectivity index (χ0n) is 5.64. The van der Waals surface area contributed by atoms with Crippen molar-refractivity contribution in [1.82, 2.24) is 4.90 Å². The first-order valence-corrected chi connectivity index (χ1v) is 3.55. The van der Waals surface area contributed by atoms with Gasteiger partial charge in [-0.2, -0.15) is 0 Å². The standard InChI is InChI=1S/C6H12ClN.ClH/c1-8-4-2-6(7)3-5-8;/h6H,2-5H2,1H3;1H. The van der Waals surface area contributed by atoms with Crippen LogP contribution < -0.4 is 0 Å². The lowest BCUT2D eigenvalue weighted by Gasteiger charge is -2.24. The molecule has 9 heavy (non-hydrogen) atoms. The van der Waals surface area contributed by atoms with Gasteiger partial charge in [-0.1, -0.05) is 0 Å². The van der Waals surface area contributed by atoms with E-state index in [2.05, 4.69) is 11.9 Å². The van der Waals surface area contributed by atoms with Crippen LogP contribution in [-0.2, 0) is 0 Å². The number of halogens is 2. The molecular weight excluding hydrogens is 157 g/mol. The topological polar surface area (TPSA) is 3.24 Å². The highest BCUT2D eigenvalue weighted by Crippen LogP contribution is 2.13. The molecule has 1 nitrogen and oxygen atoms in total. The van der Waals surface area contributed by atoms with Crippen LogP contribution >= 0.6 is 24.0 Å². The Morgan fingerprint density at radius 2 is 1.78 bits per heavy atom. The lowest BCUT2D eigenvalue weighted by atomic mass is 10.1. The Labute approximate surface area is 67.8 Å². The van der Waals surface area contributed by atoms with E-state index in [-0.39, 0.29) is 12.4 Å². The molecule has 0 spiro atoms. The molecule has 56 valence electrons. The summed E-state index contributed by atoms with van der Waals surface area (Å²) in [7, 11) is 2.14. The average molecular weight is 170 g/mol. The Balaban J connectivity index is 0.000000640. The number of rotatable bonds is 0. The molecule has 0 aliphatic carbocycles. The third-order valence-corrected chi connectivity index (χ3v) is 2.08. The predicted octanol–water partition coefficient (Wildman–Crippen LogP) is 1.74. The van der Waals surface area contributed by atoms with Crippen LogP contribution in [0.1, 0.15) is 12.8 Å². The summed E-state index contributed by atoms with van der Waals surface area (Å²) in [5.74, 6) is 0. The number of likely N-dealkylation sites (tertiary alicyclic amines) is 1. The molecule has 0 aromatic rings. The molecular formula is C6H13Cl2N. The zero-order chi connectivity index (χ0) is 5.98. The van der Waals surface area contributed by atoms with Gasteiger partial charge < -0.3 is 4.90 Å². The van der Waals surface area contributed by atoms with Crippen LogP contribution in [0.3, 0.4) is 0 Å². The van der Waals surface area contributed by atoms with Crippen LogP contribution in [0.25, 0.3) is 0 Å². The molecule has 1 fully saturated rings. The zero-order valence-corrected chi connectivity index (χ0v) is 7.21. The Morgan fingerprint density at radius 3 is 2.11 bits per heavy atom. The van der Waals surface area contributed by atoms with Gasteiger partial charge in [0.15, 0.2) is 0 Å². The maximum Gasteiger partial charge on any atom is 0.0360 e. The molecule has 0 amide bonds. The van der Waals surface area contributed by atoms with Gasteiger partial charge in [0.05, 0.1) is 0 Å². The summed E-state index contributed by atoms with van der Waals surface area (Å²) >= 11 is 5.86. The summed E-state index contributed by atoms with van der Waals surface area (Å²) in [6.07, 6.45) is 2.33. The molecule has 0 N–H and O–H groups in total. The van der Waals surface area contributed by atoms with Crippen molar-refractivity contribution in [1.29, 1.82) is 0 Å². The van der Waals surface area contributed by atoms with Crippen LogP contribution in [0.4, 0.5) is 0 Å². The molecule has 0 bridgehead atoms. The van der Waals surface area contributed by atoms with Gasteiger partial charge in [-0.05, 0) is 33.0 Å². The molecule has 1 aliphatic heterocycles. The van der Waals surface area contributed by atoms with Crippen molar-refractivity contribution in [2.75, 3.05) is 20.1 Å². The van der Waals surface area contributed by atoms with Crippen molar-refractivity contribution < 1.29 is 0 Å². The second kappa shape index (κ2) is 4.37. The van der Waals surface area contributed by atoms with Gasteiger partial charge >= 0.3 is 0 Å². The van der Waals surface area contributed by atoms with E-state index in [1.54, 1.807) is 0 Å². The first-order valence-electron chi connectivity index (χ1n) is 3.11. The van der Waals surface area contributed by atoms with E-state index in [4.69, 9.17) is 11.6 Å². The molecule has 1 saturated heterocycles. The van der Waals surface area contributed by atoms with Gasteiger partial charge in [-0.3, -0.25) is 0 Å². The highest BCUT2D eigenvalue weighted by Gasteiger charge is 2.12. The van der Waals surface area contributed by atoms with Crippen LogP contribution in [0.2, 0.25) is 0 Å². The third kappa shape index (κ3) is 3.29. The normalized spacial score (nSPS) is 23.3. The monoisotopic (exact) mass is 169 g/mol. The minimum atomic E-state index is 0. The van der Waals surface area contributed by atoms with Gasteiger partial charge in [-0.25, -0.2) is 0 Å². The molecule has 0 aromatic carbocycles. The van der Waals surface area contributed by atoms with Crippen molar-refractivity contribution in [3.8, 4) is 0 Å². The smallest absolute Gasteiger partial charge is 0.0360 e. The summed E-state index contributed by atoms with van der Waals surface area (Å²) in [5, 5.41) is 0.450. The molecule has 1 heterocycles. The number of piperidine rings is 1. The average Bonchev–Trinajstić information content (AvgIpc) is 1.77. The summed E-state index contributed by atoms with van der Waals surface area (Å²) in [6.45, 7) is 2.35. The van der Waals surface area contributed by atoms with Crippen LogP contribution in [0.15, 0.2) is 0 Å². The second-order valence-corrected chi connectivity index (χ2v) is 3.10. The maximum atomic E-state index is 5.86. The summed E-state index contributed by atoms with van der Waals surface area (Å²) < 4.78 is 0. The molecule has 0 radical (unpaired) electrons. The number of hydrogen-bond acceptors (Lipinski definition) is 1. The summed E-state index contributed by atoms with van der Waals surface area (Å²) in [6, 6.07) is 0. The minimum Gasteiger partial charge on any atom is -0.306 e. The number of nitrogens with zero attached hydrogens (tertiary/aromatic N) is 1. The quantitative estimate of drug-likeness (QED) is 0.500. The van der Waals surface area contributed by atoms with Gasteiger partial charge in [0.1, 0.15) is 0 Å². The molecule has 0 atom stereocenters. The highest BCUT2D eigenvalue weighted by atomic mass is 35.5. The Morgan fingerprint density at radius 1 is 1.33 bits per heavy atom. The third-order valence-electron chi connectivity index (χ3n) is 1.65. The first kappa shape index (κ1) is 9.54. The fraction of sp³-hybridized carbons (Fsp3) is 1.00. The van der Waals surface area contributed by atoms with Gasteiger partial charge in [0.2, 0.25) is 0 Å². The predicted molar refractivity (Wildman–Crippen MR) is 43.6 cm³/mol. The number of alkyl halides is 1. The summed E-state index contributed by atoms with van der Waals surface area (Å²) in [4.78, 5) is 2.32. The SMILES string of the molecule is CN1CCC(Cl)CC1.Cl. The lowest BCUT2D eigenvalue weighted by Crippen LogP contribution is -2.30. The maximum absolute atomic E-state index is 5.86. The van der Waals surface area contributed by atoms with Gasteiger partial charge in [0, 0.05) is 5.38 Å². The van der Waals surface area contributed by atoms with E-state index in [9.17, 15) is 0 Å². The largest absolute Gasteiger partial charge is 0.306 e. The van der Waals surface area contributed by atoms with Crippen molar-refractivity contribution in [2.45, 2.75) is 18.2 Å². The van der Waals surface area contributed by atoms with E-state index < -0.39 is 0 Å². The van der Waals surface area contributed by atoms with Crippen molar-refractivity contribution in [2.24, 2.45) is 0 Å². The fourth-order valence-electron chi connectivity index (χ4n) is 0.977. The molecule has 3 heteroatoms. The van der Waals surface area contributed by atoms with E-state index in [1.165, 1.54) is 13.1 Å². The first-order chi connectivity index (χ1) is 3.79. The van der Waals surface area contributed by atoms with Crippen LogP contribution in [0.5, 0.6) is 0 Å². The molecule has 0 saturated carbocycles. The number of hydrogen-bond donors (Lipinski definition) is 0. The minimum absolute atomic E-state index is 0. The Hall–Kier alpha value is 0.540.